The second-order valence-corrected chi connectivity index (χ2v) is 7.56. The molecule has 0 radical (unpaired) electrons. The Hall–Kier alpha value is -3.60. The van der Waals surface area contributed by atoms with Gasteiger partial charge in [0.05, 0.1) is 18.9 Å². The number of hydrogen-bond acceptors (Lipinski definition) is 7. The third-order valence-corrected chi connectivity index (χ3v) is 4.81. The molecule has 0 aromatic heterocycles. The number of nitrogens with two attached hydrogens (primary N) is 1. The smallest absolute Gasteiger partial charge is 0.333 e. The SMILES string of the molecule is C.CC(N)c1ccccc1.CC(c1ccccc1)N1C(=O)C[C@@H](O)C1=O.O=C(O)C[C@@H](O)C(=O)O. The van der Waals surface area contributed by atoms with Crippen molar-refractivity contribution in [1.29, 1.82) is 0 Å². The summed E-state index contributed by atoms with van der Waals surface area (Å²) in [5, 5.41) is 33.5. The summed E-state index contributed by atoms with van der Waals surface area (Å²) < 4.78 is 0. The predicted octanol–water partition coefficient (Wildman–Crippen LogP) is 2.12. The second-order valence-electron chi connectivity index (χ2n) is 7.56. The van der Waals surface area contributed by atoms with E-state index in [0.717, 1.165) is 10.5 Å². The lowest BCUT2D eigenvalue weighted by atomic mass is 10.1. The highest BCUT2D eigenvalue weighted by atomic mass is 16.4. The van der Waals surface area contributed by atoms with Crippen LogP contribution in [0.2, 0.25) is 0 Å². The molecule has 6 N–H and O–H groups in total. The number of imide groups is 1. The first kappa shape index (κ1) is 31.4. The molecule has 1 heterocycles. The van der Waals surface area contributed by atoms with Crippen LogP contribution in [0.15, 0.2) is 60.7 Å². The van der Waals surface area contributed by atoms with Gasteiger partial charge in [-0.1, -0.05) is 68.1 Å². The molecular formula is C25H34N2O8. The van der Waals surface area contributed by atoms with E-state index in [-0.39, 0.29) is 31.8 Å². The number of benzene rings is 2. The minimum atomic E-state index is -1.79. The summed E-state index contributed by atoms with van der Waals surface area (Å²) in [5.74, 6) is -3.66. The Labute approximate surface area is 204 Å². The van der Waals surface area contributed by atoms with Crippen molar-refractivity contribution >= 4 is 23.8 Å². The van der Waals surface area contributed by atoms with Gasteiger partial charge in [-0.25, -0.2) is 4.79 Å². The van der Waals surface area contributed by atoms with Crippen molar-refractivity contribution in [3.63, 3.8) is 0 Å². The molecule has 3 rings (SSSR count). The van der Waals surface area contributed by atoms with Gasteiger partial charge in [0.1, 0.15) is 6.10 Å². The van der Waals surface area contributed by atoms with E-state index in [1.807, 2.05) is 67.6 Å². The Morgan fingerprint density at radius 3 is 1.71 bits per heavy atom. The van der Waals surface area contributed by atoms with E-state index in [0.29, 0.717) is 0 Å². The Bertz CT molecular complexity index is 950. The zero-order valence-corrected chi connectivity index (χ0v) is 18.9. The number of likely N-dealkylation sites (tertiary alicyclic amines) is 1. The fourth-order valence-corrected chi connectivity index (χ4v) is 2.93. The van der Waals surface area contributed by atoms with Crippen LogP contribution in [0.5, 0.6) is 0 Å². The number of aliphatic hydroxyl groups is 2. The Kier molecular flexibility index (Phi) is 13.8. The van der Waals surface area contributed by atoms with Gasteiger partial charge in [-0.3, -0.25) is 19.3 Å². The molecule has 1 fully saturated rings. The van der Waals surface area contributed by atoms with Crippen LogP contribution in [0.4, 0.5) is 0 Å². The first-order valence-corrected chi connectivity index (χ1v) is 10.5. The Morgan fingerprint density at radius 2 is 1.43 bits per heavy atom. The van der Waals surface area contributed by atoms with E-state index < -0.39 is 36.5 Å². The second kappa shape index (κ2) is 15.3. The zero-order valence-electron chi connectivity index (χ0n) is 18.9. The van der Waals surface area contributed by atoms with Gasteiger partial charge in [0, 0.05) is 6.04 Å². The molecule has 0 saturated carbocycles. The summed E-state index contributed by atoms with van der Waals surface area (Å²) >= 11 is 0. The monoisotopic (exact) mass is 490 g/mol. The highest BCUT2D eigenvalue weighted by Crippen LogP contribution is 2.26. The number of carbonyl (C=O) groups is 4. The molecule has 1 aliphatic heterocycles. The van der Waals surface area contributed by atoms with Crippen molar-refractivity contribution in [2.45, 2.75) is 58.4 Å². The van der Waals surface area contributed by atoms with Gasteiger partial charge in [0.2, 0.25) is 5.91 Å². The fraction of sp³-hybridized carbons (Fsp3) is 0.360. The lowest BCUT2D eigenvalue weighted by molar-refractivity contribution is -0.152. The van der Waals surface area contributed by atoms with Gasteiger partial charge < -0.3 is 26.2 Å². The maximum absolute atomic E-state index is 11.6. The standard InChI is InChI=1S/C12H13NO3.C8H11N.C4H6O5.CH4/c1-8(9-5-3-2-4-6-9)13-11(15)7-10(14)12(13)16;1-7(9)8-5-3-2-4-6-8;5-2(4(8)9)1-3(6)7;/h2-6,8,10,14H,7H2,1H3;2-7H,9H2,1H3;2,5H,1H2,(H,6,7)(H,8,9);1H4/t8?,10-;;2-;/m1.1./s1. The molecule has 1 saturated heterocycles. The van der Waals surface area contributed by atoms with E-state index >= 15 is 0 Å². The summed E-state index contributed by atoms with van der Waals surface area (Å²) in [4.78, 5) is 43.7. The minimum Gasteiger partial charge on any atom is -0.481 e. The molecular weight excluding hydrogens is 456 g/mol. The maximum Gasteiger partial charge on any atom is 0.333 e. The predicted molar refractivity (Wildman–Crippen MR) is 129 cm³/mol. The van der Waals surface area contributed by atoms with E-state index in [1.165, 1.54) is 5.56 Å². The lowest BCUT2D eigenvalue weighted by Crippen LogP contribution is -2.34. The largest absolute Gasteiger partial charge is 0.481 e. The van der Waals surface area contributed by atoms with Crippen molar-refractivity contribution < 1.29 is 39.6 Å². The first-order valence-electron chi connectivity index (χ1n) is 10.5. The molecule has 35 heavy (non-hydrogen) atoms. The van der Waals surface area contributed by atoms with Crippen LogP contribution < -0.4 is 5.73 Å². The minimum absolute atomic E-state index is 0. The molecule has 10 heteroatoms. The molecule has 10 nitrogen and oxygen atoms in total. The van der Waals surface area contributed by atoms with Crippen molar-refractivity contribution in [3.8, 4) is 0 Å². The van der Waals surface area contributed by atoms with Crippen molar-refractivity contribution in [1.82, 2.24) is 4.90 Å². The van der Waals surface area contributed by atoms with E-state index in [4.69, 9.17) is 21.1 Å². The number of nitrogens with zero attached hydrogens (tertiary/aromatic N) is 1. The van der Waals surface area contributed by atoms with Gasteiger partial charge in [0.25, 0.3) is 5.91 Å². The van der Waals surface area contributed by atoms with Crippen LogP contribution >= 0.6 is 0 Å². The van der Waals surface area contributed by atoms with Crippen LogP contribution in [0.3, 0.4) is 0 Å². The number of aliphatic hydroxyl groups excluding tert-OH is 2. The molecule has 4 atom stereocenters. The maximum atomic E-state index is 11.6. The van der Waals surface area contributed by atoms with Gasteiger partial charge in [-0.05, 0) is 25.0 Å². The number of carboxylic acids is 2. The average molecular weight is 491 g/mol. The molecule has 2 aromatic carbocycles. The van der Waals surface area contributed by atoms with Crippen LogP contribution in [-0.4, -0.2) is 61.3 Å². The third-order valence-electron chi connectivity index (χ3n) is 4.81. The molecule has 1 aliphatic rings. The van der Waals surface area contributed by atoms with Crippen molar-refractivity contribution in [2.24, 2.45) is 5.73 Å². The van der Waals surface area contributed by atoms with E-state index in [2.05, 4.69) is 0 Å². The first-order chi connectivity index (χ1) is 16.0. The Balaban J connectivity index is 0.000000527. The van der Waals surface area contributed by atoms with Gasteiger partial charge in [-0.15, -0.1) is 0 Å². The zero-order chi connectivity index (χ0) is 25.8. The quantitative estimate of drug-likeness (QED) is 0.379. The summed E-state index contributed by atoms with van der Waals surface area (Å²) in [6.45, 7) is 3.76. The summed E-state index contributed by atoms with van der Waals surface area (Å²) in [6.07, 6.45) is -3.81. The van der Waals surface area contributed by atoms with E-state index in [1.54, 1.807) is 6.92 Å². The molecule has 2 amide bonds. The third kappa shape index (κ3) is 10.5. The topological polar surface area (TPSA) is 178 Å². The van der Waals surface area contributed by atoms with Gasteiger partial charge >= 0.3 is 11.9 Å². The molecule has 0 spiro atoms. The van der Waals surface area contributed by atoms with Crippen LogP contribution in [0.25, 0.3) is 0 Å². The number of amides is 2. The van der Waals surface area contributed by atoms with Crippen LogP contribution in [-0.2, 0) is 19.2 Å². The molecule has 2 aromatic rings. The highest BCUT2D eigenvalue weighted by molar-refractivity contribution is 6.05. The molecule has 2 unspecified atom stereocenters. The van der Waals surface area contributed by atoms with Gasteiger partial charge in [-0.2, -0.15) is 0 Å². The number of carboxylic acid groups (broad SMARTS) is 2. The summed E-state index contributed by atoms with van der Waals surface area (Å²) in [5.41, 5.74) is 7.69. The van der Waals surface area contributed by atoms with E-state index in [9.17, 15) is 24.3 Å². The number of hydrogen-bond donors (Lipinski definition) is 5. The highest BCUT2D eigenvalue weighted by Gasteiger charge is 2.40. The van der Waals surface area contributed by atoms with Crippen LogP contribution in [0.1, 0.15) is 57.3 Å². The Morgan fingerprint density at radius 1 is 0.971 bits per heavy atom. The van der Waals surface area contributed by atoms with Gasteiger partial charge in [0.15, 0.2) is 6.10 Å². The molecule has 0 aliphatic carbocycles. The normalized spacial score (nSPS) is 16.9. The average Bonchev–Trinajstić information content (AvgIpc) is 3.06. The van der Waals surface area contributed by atoms with Crippen LogP contribution in [0, 0.1) is 0 Å². The van der Waals surface area contributed by atoms with Crippen molar-refractivity contribution in [2.75, 3.05) is 0 Å². The summed E-state index contributed by atoms with van der Waals surface area (Å²) in [7, 11) is 0. The number of aliphatic carboxylic acids is 2. The molecule has 0 bridgehead atoms. The van der Waals surface area contributed by atoms with Crippen molar-refractivity contribution in [3.05, 3.63) is 71.8 Å². The number of rotatable bonds is 6. The fourth-order valence-electron chi connectivity index (χ4n) is 2.93. The molecule has 192 valence electrons. The lowest BCUT2D eigenvalue weighted by Gasteiger charge is -2.22. The number of carbonyl (C=O) groups excluding carboxylic acids is 2. The summed E-state index contributed by atoms with van der Waals surface area (Å²) in [6, 6.07) is 19.2.